The SMILES string of the molecule is CC[C@H]1O[C@@H](n2c[c-]c(=Nc3[c-]cccc3)[nH]c2=O)C(O[Si](C)(C)C(C)(C)C)[C@H]1O.[Y]. The summed E-state index contributed by atoms with van der Waals surface area (Å²) in [5, 5.41) is 10.8. The Bertz CT molecular complexity index is 984. The van der Waals surface area contributed by atoms with Crippen LogP contribution >= 0.6 is 0 Å². The predicted octanol–water partition coefficient (Wildman–Crippen LogP) is 3.07. The minimum absolute atomic E-state index is 0. The van der Waals surface area contributed by atoms with Crippen molar-refractivity contribution in [2.75, 3.05) is 0 Å². The van der Waals surface area contributed by atoms with Gasteiger partial charge >= 0.3 is 5.69 Å². The summed E-state index contributed by atoms with van der Waals surface area (Å²) >= 11 is 0. The van der Waals surface area contributed by atoms with E-state index in [1.54, 1.807) is 12.1 Å². The van der Waals surface area contributed by atoms with Crippen molar-refractivity contribution in [2.45, 2.75) is 76.8 Å². The van der Waals surface area contributed by atoms with Gasteiger partial charge in [-0.05, 0) is 30.0 Å². The Balaban J connectivity index is 0.00000341. The monoisotopic (exact) mass is 518 g/mol. The Morgan fingerprint density at radius 3 is 2.58 bits per heavy atom. The van der Waals surface area contributed by atoms with Gasteiger partial charge in [-0.3, -0.25) is 4.99 Å². The van der Waals surface area contributed by atoms with Gasteiger partial charge in [0.25, 0.3) is 0 Å². The van der Waals surface area contributed by atoms with Crippen LogP contribution in [0.5, 0.6) is 0 Å². The maximum absolute atomic E-state index is 12.8. The van der Waals surface area contributed by atoms with Crippen LogP contribution in [-0.4, -0.2) is 41.3 Å². The van der Waals surface area contributed by atoms with Crippen LogP contribution in [0, 0.1) is 12.1 Å². The molecular formula is C22H31N3O4SiY-2. The molecule has 1 aromatic carbocycles. The Kier molecular flexibility index (Phi) is 8.81. The summed E-state index contributed by atoms with van der Waals surface area (Å²) < 4.78 is 13.9. The van der Waals surface area contributed by atoms with Gasteiger partial charge < -0.3 is 29.9 Å². The van der Waals surface area contributed by atoms with Gasteiger partial charge in [0, 0.05) is 32.7 Å². The minimum atomic E-state index is -2.21. The second kappa shape index (κ2) is 10.4. The zero-order valence-corrected chi connectivity index (χ0v) is 22.9. The van der Waals surface area contributed by atoms with E-state index in [0.29, 0.717) is 17.6 Å². The number of hydrogen-bond donors (Lipinski definition) is 2. The molecule has 7 nitrogen and oxygen atoms in total. The van der Waals surface area contributed by atoms with Crippen LogP contribution in [0.25, 0.3) is 0 Å². The molecule has 1 unspecified atom stereocenters. The summed E-state index contributed by atoms with van der Waals surface area (Å²) in [4.78, 5) is 19.9. The van der Waals surface area contributed by atoms with Crippen molar-refractivity contribution >= 4 is 14.0 Å². The Morgan fingerprint density at radius 2 is 2.03 bits per heavy atom. The summed E-state index contributed by atoms with van der Waals surface area (Å²) in [5.41, 5.74) is 0.493. The number of aliphatic hydroxyl groups is 1. The Morgan fingerprint density at radius 1 is 1.32 bits per heavy atom. The van der Waals surface area contributed by atoms with Crippen molar-refractivity contribution in [2.24, 2.45) is 4.99 Å². The van der Waals surface area contributed by atoms with E-state index in [9.17, 15) is 9.90 Å². The average Bonchev–Trinajstić information content (AvgIpc) is 2.97. The number of para-hydroxylation sites is 1. The fourth-order valence-electron chi connectivity index (χ4n) is 3.14. The Labute approximate surface area is 209 Å². The molecule has 1 radical (unpaired) electrons. The van der Waals surface area contributed by atoms with E-state index in [1.165, 1.54) is 10.8 Å². The molecule has 9 heteroatoms. The zero-order chi connectivity index (χ0) is 22.1. The third kappa shape index (κ3) is 5.92. The van der Waals surface area contributed by atoms with Gasteiger partial charge in [-0.2, -0.15) is 30.5 Å². The van der Waals surface area contributed by atoms with Crippen molar-refractivity contribution in [3.05, 3.63) is 58.6 Å². The molecule has 0 amide bonds. The first-order valence-corrected chi connectivity index (χ1v) is 13.2. The van der Waals surface area contributed by atoms with Crippen LogP contribution in [0.3, 0.4) is 0 Å². The summed E-state index contributed by atoms with van der Waals surface area (Å²) in [6.45, 7) is 12.6. The number of H-pyrrole nitrogens is 1. The molecule has 1 aromatic heterocycles. The molecule has 2 aromatic rings. The maximum atomic E-state index is 12.8. The van der Waals surface area contributed by atoms with Gasteiger partial charge in [0.1, 0.15) is 12.2 Å². The molecule has 2 N–H and O–H groups in total. The van der Waals surface area contributed by atoms with Crippen molar-refractivity contribution in [3.63, 3.8) is 0 Å². The smallest absolute Gasteiger partial charge is 0.324 e. The van der Waals surface area contributed by atoms with Crippen LogP contribution in [0.4, 0.5) is 5.69 Å². The first kappa shape index (κ1) is 26.4. The van der Waals surface area contributed by atoms with Crippen LogP contribution in [0.2, 0.25) is 18.1 Å². The van der Waals surface area contributed by atoms with E-state index in [1.807, 2.05) is 19.1 Å². The number of aromatic nitrogens is 2. The molecular weight excluding hydrogens is 487 g/mol. The zero-order valence-electron chi connectivity index (χ0n) is 19.0. The largest absolute Gasteiger partial charge is 0.410 e. The summed E-state index contributed by atoms with van der Waals surface area (Å²) in [6.07, 6.45) is -0.465. The number of aliphatic hydroxyl groups excluding tert-OH is 1. The number of ether oxygens (including phenoxy) is 1. The fraction of sp³-hybridized carbons (Fsp3) is 0.545. The van der Waals surface area contributed by atoms with E-state index in [-0.39, 0.29) is 37.7 Å². The van der Waals surface area contributed by atoms with E-state index in [4.69, 9.17) is 9.16 Å². The van der Waals surface area contributed by atoms with Gasteiger partial charge in [0.2, 0.25) is 0 Å². The van der Waals surface area contributed by atoms with Crippen LogP contribution in [0.1, 0.15) is 40.3 Å². The molecule has 0 spiro atoms. The molecule has 1 saturated heterocycles. The molecule has 1 fully saturated rings. The van der Waals surface area contributed by atoms with Gasteiger partial charge in [-0.15, -0.1) is 6.07 Å². The number of hydrogen-bond acceptors (Lipinski definition) is 5. The van der Waals surface area contributed by atoms with Gasteiger partial charge in [-0.25, -0.2) is 4.79 Å². The van der Waals surface area contributed by atoms with E-state index >= 15 is 0 Å². The normalized spacial score (nSPS) is 24.8. The minimum Gasteiger partial charge on any atom is -0.410 e. The number of aromatic amines is 1. The van der Waals surface area contributed by atoms with E-state index < -0.39 is 38.5 Å². The maximum Gasteiger partial charge on any atom is 0.324 e. The third-order valence-electron chi connectivity index (χ3n) is 5.95. The second-order valence-electron chi connectivity index (χ2n) is 9.13. The molecule has 1 aliphatic heterocycles. The van der Waals surface area contributed by atoms with Gasteiger partial charge in [-0.1, -0.05) is 33.4 Å². The number of benzene rings is 1. The summed E-state index contributed by atoms with van der Waals surface area (Å²) in [5.74, 6) is 0. The first-order chi connectivity index (χ1) is 14.0. The number of nitrogens with zero attached hydrogens (tertiary/aromatic N) is 2. The quantitative estimate of drug-likeness (QED) is 0.471. The van der Waals surface area contributed by atoms with E-state index in [2.05, 4.69) is 56.0 Å². The van der Waals surface area contributed by atoms with Gasteiger partial charge in [0.05, 0.1) is 6.10 Å². The molecule has 1 aliphatic rings. The molecule has 4 atom stereocenters. The number of nitrogens with one attached hydrogen (secondary N) is 1. The standard InChI is InChI=1S/C22H31N3O4Si.Y/c1-7-16-18(26)19(29-30(5,6)22(2,3)4)20(28-16)25-14-13-17(24-21(25)27)23-15-11-9-8-10-12-15;/h8-11,14,16,18-20,26H,7H2,1-6H3,(H,23,24,27);/q-2;/t16-,18+,19?,20-;/m1./s1. The topological polar surface area (TPSA) is 88.8 Å². The van der Waals surface area contributed by atoms with Crippen LogP contribution in [-0.2, 0) is 41.9 Å². The van der Waals surface area contributed by atoms with Crippen molar-refractivity contribution < 1.29 is 47.0 Å². The molecule has 2 heterocycles. The molecule has 0 bridgehead atoms. The molecule has 0 saturated carbocycles. The fourth-order valence-corrected chi connectivity index (χ4v) is 4.43. The van der Waals surface area contributed by atoms with Crippen LogP contribution in [0.15, 0.2) is 40.2 Å². The van der Waals surface area contributed by atoms with Crippen molar-refractivity contribution in [3.8, 4) is 0 Å². The number of rotatable bonds is 5. The van der Waals surface area contributed by atoms with Gasteiger partial charge in [0.15, 0.2) is 14.5 Å². The molecule has 0 aliphatic carbocycles. The first-order valence-electron chi connectivity index (χ1n) is 10.3. The van der Waals surface area contributed by atoms with Crippen molar-refractivity contribution in [1.82, 2.24) is 9.55 Å². The van der Waals surface area contributed by atoms with Crippen molar-refractivity contribution in [1.29, 1.82) is 0 Å². The summed E-state index contributed by atoms with van der Waals surface area (Å²) in [6, 6.07) is 13.2. The summed E-state index contributed by atoms with van der Waals surface area (Å²) in [7, 11) is -2.21. The second-order valence-corrected chi connectivity index (χ2v) is 13.9. The molecule has 3 rings (SSSR count). The Hall–Kier alpha value is -0.899. The van der Waals surface area contributed by atoms with E-state index in [0.717, 1.165) is 0 Å². The third-order valence-corrected chi connectivity index (χ3v) is 10.4. The molecule has 167 valence electrons. The predicted molar refractivity (Wildman–Crippen MR) is 117 cm³/mol. The molecule has 31 heavy (non-hydrogen) atoms. The average molecular weight is 518 g/mol. The van der Waals surface area contributed by atoms with Crippen LogP contribution < -0.4 is 11.2 Å².